The Labute approximate surface area is 214 Å². The summed E-state index contributed by atoms with van der Waals surface area (Å²) in [6, 6.07) is 8.16. The molecule has 37 heavy (non-hydrogen) atoms. The highest BCUT2D eigenvalue weighted by atomic mass is 32.2. The number of morpholine rings is 1. The summed E-state index contributed by atoms with van der Waals surface area (Å²) < 4.78 is 47.6. The van der Waals surface area contributed by atoms with Gasteiger partial charge in [0.05, 0.1) is 36.4 Å². The molecule has 14 heteroatoms. The van der Waals surface area contributed by atoms with Crippen LogP contribution in [-0.4, -0.2) is 69.0 Å². The minimum Gasteiger partial charge on any atom is -0.493 e. The van der Waals surface area contributed by atoms with Gasteiger partial charge in [0.15, 0.2) is 11.5 Å². The highest BCUT2D eigenvalue weighted by Crippen LogP contribution is 2.30. The van der Waals surface area contributed by atoms with Gasteiger partial charge in [-0.1, -0.05) is 0 Å². The summed E-state index contributed by atoms with van der Waals surface area (Å²) in [4.78, 5) is 22.7. The second-order valence-electron chi connectivity index (χ2n) is 8.80. The van der Waals surface area contributed by atoms with Gasteiger partial charge in [-0.05, 0) is 56.7 Å². The Morgan fingerprint density at radius 1 is 1.16 bits per heavy atom. The van der Waals surface area contributed by atoms with Crippen molar-refractivity contribution in [3.63, 3.8) is 0 Å². The largest absolute Gasteiger partial charge is 0.514 e. The zero-order valence-corrected chi connectivity index (χ0v) is 21.6. The minimum absolute atomic E-state index is 0.000906. The molecule has 2 aromatic rings. The van der Waals surface area contributed by atoms with Crippen LogP contribution in [-0.2, 0) is 19.5 Å². The normalized spacial score (nSPS) is 14.8. The predicted octanol–water partition coefficient (Wildman–Crippen LogP) is 3.38. The van der Waals surface area contributed by atoms with Gasteiger partial charge in [0.2, 0.25) is 10.0 Å². The molecule has 0 aliphatic carbocycles. The van der Waals surface area contributed by atoms with Crippen molar-refractivity contribution in [1.29, 1.82) is 0 Å². The monoisotopic (exact) mass is 536 g/mol. The lowest BCUT2D eigenvalue weighted by atomic mass is 10.2. The number of sulfonamides is 1. The van der Waals surface area contributed by atoms with E-state index in [1.807, 2.05) is 0 Å². The van der Waals surface area contributed by atoms with E-state index in [1.54, 1.807) is 26.8 Å². The number of nitrogens with zero attached hydrogens (tertiary/aromatic N) is 3. The molecule has 1 N–H and O–H groups in total. The first-order valence-electron chi connectivity index (χ1n) is 11.1. The van der Waals surface area contributed by atoms with E-state index in [4.69, 9.17) is 18.9 Å². The van der Waals surface area contributed by atoms with Gasteiger partial charge in [-0.3, -0.25) is 15.5 Å². The molecule has 0 bridgehead atoms. The number of nitro benzene ring substituents is 1. The Morgan fingerprint density at radius 3 is 2.49 bits per heavy atom. The molecule has 1 heterocycles. The van der Waals surface area contributed by atoms with E-state index in [0.717, 1.165) is 6.07 Å². The molecule has 13 nitrogen and oxygen atoms in total. The molecule has 200 valence electrons. The fourth-order valence-corrected chi connectivity index (χ4v) is 4.67. The molecule has 0 unspecified atom stereocenters. The SMILES string of the molecule is COc1cc(C=NNc2ccc(S(=O)(=O)N3CCOCC3)cc2[N+](=O)[O-])ccc1OC(=O)OC(C)(C)C. The Balaban J connectivity index is 1.75. The third-order valence-corrected chi connectivity index (χ3v) is 6.84. The number of benzene rings is 2. The third-order valence-electron chi connectivity index (χ3n) is 4.94. The maximum absolute atomic E-state index is 12.8. The van der Waals surface area contributed by atoms with Crippen LogP contribution in [0.3, 0.4) is 0 Å². The lowest BCUT2D eigenvalue weighted by Gasteiger charge is -2.26. The first-order valence-corrected chi connectivity index (χ1v) is 12.6. The second-order valence-corrected chi connectivity index (χ2v) is 10.7. The van der Waals surface area contributed by atoms with Gasteiger partial charge in [0.1, 0.15) is 11.3 Å². The molecule has 0 aromatic heterocycles. The number of nitrogens with one attached hydrogen (secondary N) is 1. The van der Waals surface area contributed by atoms with Gasteiger partial charge in [-0.2, -0.15) is 9.41 Å². The molecule has 1 fully saturated rings. The first kappa shape index (κ1) is 27.8. The molecule has 0 saturated carbocycles. The topological polar surface area (TPSA) is 159 Å². The van der Waals surface area contributed by atoms with Crippen LogP contribution in [0.5, 0.6) is 11.5 Å². The zero-order chi connectivity index (χ0) is 27.2. The zero-order valence-electron chi connectivity index (χ0n) is 20.8. The molecular formula is C23H28N4O9S. The molecule has 3 rings (SSSR count). The van der Waals surface area contributed by atoms with E-state index < -0.39 is 32.4 Å². The number of nitro groups is 1. The van der Waals surface area contributed by atoms with E-state index >= 15 is 0 Å². The first-order chi connectivity index (χ1) is 17.4. The lowest BCUT2D eigenvalue weighted by Crippen LogP contribution is -2.40. The molecular weight excluding hydrogens is 508 g/mol. The molecule has 1 saturated heterocycles. The fourth-order valence-electron chi connectivity index (χ4n) is 3.24. The van der Waals surface area contributed by atoms with E-state index in [1.165, 1.54) is 41.9 Å². The molecule has 0 spiro atoms. The smallest absolute Gasteiger partial charge is 0.493 e. The van der Waals surface area contributed by atoms with Gasteiger partial charge >= 0.3 is 6.16 Å². The Morgan fingerprint density at radius 2 is 1.86 bits per heavy atom. The molecule has 0 atom stereocenters. The van der Waals surface area contributed by atoms with Crippen molar-refractivity contribution in [3.8, 4) is 11.5 Å². The van der Waals surface area contributed by atoms with Crippen LogP contribution >= 0.6 is 0 Å². The van der Waals surface area contributed by atoms with Crippen molar-refractivity contribution < 1.29 is 37.1 Å². The standard InChI is InChI=1S/C23H28N4O9S/c1-23(2,3)36-22(28)35-20-8-5-16(13-21(20)33-4)15-24-25-18-7-6-17(14-19(18)27(29)30)37(31,32)26-9-11-34-12-10-26/h5-8,13-15,25H,9-12H2,1-4H3. The van der Waals surface area contributed by atoms with E-state index in [9.17, 15) is 23.3 Å². The van der Waals surface area contributed by atoms with Gasteiger partial charge in [0.25, 0.3) is 5.69 Å². The number of hydrogen-bond acceptors (Lipinski definition) is 11. The summed E-state index contributed by atoms with van der Waals surface area (Å²) in [5.74, 6) is 0.369. The number of hydrogen-bond donors (Lipinski definition) is 1. The summed E-state index contributed by atoms with van der Waals surface area (Å²) in [5, 5.41) is 15.6. The molecule has 1 aliphatic heterocycles. The summed E-state index contributed by atoms with van der Waals surface area (Å²) in [7, 11) is -2.51. The van der Waals surface area contributed by atoms with Crippen LogP contribution in [0.2, 0.25) is 0 Å². The highest BCUT2D eigenvalue weighted by Gasteiger charge is 2.29. The van der Waals surface area contributed by atoms with Crippen LogP contribution in [0, 0.1) is 10.1 Å². The fraction of sp³-hybridized carbons (Fsp3) is 0.391. The number of carbonyl (C=O) groups excluding carboxylic acids is 1. The van der Waals surface area contributed by atoms with E-state index in [2.05, 4.69) is 10.5 Å². The third kappa shape index (κ3) is 7.38. The van der Waals surface area contributed by atoms with Gasteiger partial charge in [-0.25, -0.2) is 13.2 Å². The maximum Gasteiger partial charge on any atom is 0.514 e. The predicted molar refractivity (Wildman–Crippen MR) is 134 cm³/mol. The summed E-state index contributed by atoms with van der Waals surface area (Å²) >= 11 is 0. The van der Waals surface area contributed by atoms with E-state index in [-0.39, 0.29) is 48.4 Å². The van der Waals surface area contributed by atoms with E-state index in [0.29, 0.717) is 5.56 Å². The number of anilines is 1. The van der Waals surface area contributed by atoms with Gasteiger partial charge in [0, 0.05) is 19.2 Å². The minimum atomic E-state index is -3.91. The van der Waals surface area contributed by atoms with Crippen LogP contribution < -0.4 is 14.9 Å². The highest BCUT2D eigenvalue weighted by molar-refractivity contribution is 7.89. The molecule has 0 radical (unpaired) electrons. The van der Waals surface area contributed by atoms with Crippen molar-refractivity contribution in [2.45, 2.75) is 31.3 Å². The van der Waals surface area contributed by atoms with Gasteiger partial charge < -0.3 is 18.9 Å². The quantitative estimate of drug-likeness (QED) is 0.174. The van der Waals surface area contributed by atoms with Gasteiger partial charge in [-0.15, -0.1) is 0 Å². The maximum atomic E-state index is 12.8. The lowest BCUT2D eigenvalue weighted by molar-refractivity contribution is -0.384. The summed E-state index contributed by atoms with van der Waals surface area (Å²) in [6.45, 7) is 5.98. The van der Waals surface area contributed by atoms with Crippen molar-refractivity contribution >= 4 is 33.8 Å². The summed E-state index contributed by atoms with van der Waals surface area (Å²) in [6.07, 6.45) is 0.474. The average molecular weight is 537 g/mol. The number of ether oxygens (including phenoxy) is 4. The van der Waals surface area contributed by atoms with Crippen molar-refractivity contribution in [1.82, 2.24) is 4.31 Å². The van der Waals surface area contributed by atoms with Crippen molar-refractivity contribution in [2.24, 2.45) is 5.10 Å². The number of hydrazone groups is 1. The molecule has 1 aliphatic rings. The number of rotatable bonds is 8. The Bertz CT molecular complexity index is 1280. The van der Waals surface area contributed by atoms with Crippen LogP contribution in [0.25, 0.3) is 0 Å². The molecule has 0 amide bonds. The number of carbonyl (C=O) groups is 1. The van der Waals surface area contributed by atoms with Crippen LogP contribution in [0.1, 0.15) is 26.3 Å². The van der Waals surface area contributed by atoms with Crippen LogP contribution in [0.15, 0.2) is 46.4 Å². The molecule has 2 aromatic carbocycles. The second kappa shape index (κ2) is 11.5. The Hall–Kier alpha value is -3.75. The van der Waals surface area contributed by atoms with Crippen molar-refractivity contribution in [2.75, 3.05) is 38.8 Å². The summed E-state index contributed by atoms with van der Waals surface area (Å²) in [5.41, 5.74) is 1.91. The average Bonchev–Trinajstić information content (AvgIpc) is 2.84. The van der Waals surface area contributed by atoms with Crippen molar-refractivity contribution in [3.05, 3.63) is 52.1 Å². The Kier molecular flexibility index (Phi) is 8.68. The van der Waals surface area contributed by atoms with Crippen LogP contribution in [0.4, 0.5) is 16.2 Å². The number of methoxy groups -OCH3 is 1.